The van der Waals surface area contributed by atoms with Gasteiger partial charge in [-0.3, -0.25) is 9.36 Å². The summed E-state index contributed by atoms with van der Waals surface area (Å²) in [6, 6.07) is 4.76. The molecule has 1 aromatic heterocycles. The van der Waals surface area contributed by atoms with Crippen molar-refractivity contribution in [1.29, 1.82) is 5.26 Å². The van der Waals surface area contributed by atoms with Gasteiger partial charge in [-0.25, -0.2) is 4.79 Å². The van der Waals surface area contributed by atoms with Crippen LogP contribution < -0.4 is 20.1 Å². The highest BCUT2D eigenvalue weighted by molar-refractivity contribution is 7.07. The third-order valence-electron chi connectivity index (χ3n) is 3.84. The molecule has 0 fully saturated rings. The lowest BCUT2D eigenvalue weighted by Gasteiger charge is -2.04. The van der Waals surface area contributed by atoms with Gasteiger partial charge < -0.3 is 15.2 Å². The van der Waals surface area contributed by atoms with Gasteiger partial charge in [0.05, 0.1) is 16.7 Å². The number of anilines is 1. The number of phenolic OH excluding ortho intramolecular Hbond substituents is 1. The Balaban J connectivity index is 2.61. The molecule has 0 amide bonds. The van der Waals surface area contributed by atoms with Gasteiger partial charge in [-0.05, 0) is 25.5 Å². The van der Waals surface area contributed by atoms with E-state index in [1.54, 1.807) is 6.92 Å². The van der Waals surface area contributed by atoms with Crippen molar-refractivity contribution in [3.05, 3.63) is 41.7 Å². The van der Waals surface area contributed by atoms with Crippen LogP contribution in [-0.4, -0.2) is 22.2 Å². The second-order valence-electron chi connectivity index (χ2n) is 5.87. The van der Waals surface area contributed by atoms with Crippen molar-refractivity contribution in [3.8, 4) is 11.8 Å². The van der Waals surface area contributed by atoms with Crippen molar-refractivity contribution in [2.45, 2.75) is 33.2 Å². The fourth-order valence-corrected chi connectivity index (χ4v) is 3.93. The zero-order valence-corrected chi connectivity index (χ0v) is 18.1. The molecule has 0 aliphatic rings. The van der Waals surface area contributed by atoms with Gasteiger partial charge in [-0.15, -0.1) is 11.3 Å². The number of aromatic nitrogens is 1. The molecule has 29 heavy (non-hydrogen) atoms. The Bertz CT molecular complexity index is 1110. The van der Waals surface area contributed by atoms with Gasteiger partial charge in [0.15, 0.2) is 11.3 Å². The minimum atomic E-state index is -0.766. The van der Waals surface area contributed by atoms with Crippen molar-refractivity contribution in [2.75, 3.05) is 11.9 Å². The minimum Gasteiger partial charge on any atom is -0.505 e. The molecule has 0 radical (unpaired) electrons. The van der Waals surface area contributed by atoms with Gasteiger partial charge in [0, 0.05) is 18.4 Å². The lowest BCUT2D eigenvalue weighted by molar-refractivity contribution is -0.136. The zero-order valence-electron chi connectivity index (χ0n) is 15.8. The van der Waals surface area contributed by atoms with Crippen molar-refractivity contribution < 1.29 is 14.6 Å². The van der Waals surface area contributed by atoms with E-state index in [1.165, 1.54) is 22.9 Å². The van der Waals surface area contributed by atoms with Crippen LogP contribution in [0.5, 0.6) is 5.75 Å². The summed E-state index contributed by atoms with van der Waals surface area (Å²) in [6.07, 6.45) is 2.99. The molecule has 10 heteroatoms. The van der Waals surface area contributed by atoms with E-state index < -0.39 is 5.97 Å². The molecule has 1 aromatic carbocycles. The van der Waals surface area contributed by atoms with Gasteiger partial charge in [-0.2, -0.15) is 5.26 Å². The fourth-order valence-electron chi connectivity index (χ4n) is 2.41. The van der Waals surface area contributed by atoms with Crippen LogP contribution in [0.4, 0.5) is 5.69 Å². The summed E-state index contributed by atoms with van der Waals surface area (Å²) >= 11 is 12.8. The van der Waals surface area contributed by atoms with Crippen LogP contribution in [-0.2, 0) is 16.1 Å². The molecule has 0 aliphatic heterocycles. The molecule has 0 aliphatic carbocycles. The van der Waals surface area contributed by atoms with Crippen LogP contribution in [0.1, 0.15) is 26.7 Å². The van der Waals surface area contributed by atoms with Gasteiger partial charge >= 0.3 is 5.97 Å². The summed E-state index contributed by atoms with van der Waals surface area (Å²) in [4.78, 5) is 25.0. The molecule has 0 saturated carbocycles. The number of rotatable bonds is 7. The first-order chi connectivity index (χ1) is 13.8. The average molecular weight is 456 g/mol. The van der Waals surface area contributed by atoms with Gasteiger partial charge in [0.1, 0.15) is 15.3 Å². The number of unbranched alkanes of at least 4 members (excludes halogenated alkanes) is 1. The number of halogens is 2. The summed E-state index contributed by atoms with van der Waals surface area (Å²) in [5, 5.41) is 22.1. The monoisotopic (exact) mass is 455 g/mol. The number of thiazole rings is 1. The van der Waals surface area contributed by atoms with Gasteiger partial charge in [-0.1, -0.05) is 36.5 Å². The Morgan fingerprint density at radius 2 is 2.03 bits per heavy atom. The molecular formula is C19H19Cl2N3O4S. The normalized spacial score (nSPS) is 12.4. The molecule has 154 valence electrons. The first kappa shape index (κ1) is 22.8. The van der Waals surface area contributed by atoms with E-state index in [1.807, 2.05) is 13.0 Å². The SMILES string of the molecule is CCCCn1c(=O)/c(=C\Nc2cc(Cl)c(O)c(Cl)c2)s/c1=C(/C#N)C(=O)OCC. The van der Waals surface area contributed by atoms with Crippen LogP contribution in [0.3, 0.4) is 0 Å². The molecule has 0 saturated heterocycles. The lowest BCUT2D eigenvalue weighted by Crippen LogP contribution is -2.33. The second-order valence-corrected chi connectivity index (χ2v) is 7.71. The van der Waals surface area contributed by atoms with Crippen LogP contribution >= 0.6 is 34.5 Å². The van der Waals surface area contributed by atoms with E-state index in [0.29, 0.717) is 18.7 Å². The average Bonchev–Trinajstić information content (AvgIpc) is 2.99. The van der Waals surface area contributed by atoms with Crippen LogP contribution in [0.2, 0.25) is 10.0 Å². The van der Waals surface area contributed by atoms with E-state index in [4.69, 9.17) is 27.9 Å². The van der Waals surface area contributed by atoms with Crippen LogP contribution in [0.15, 0.2) is 16.9 Å². The van der Waals surface area contributed by atoms with Crippen molar-refractivity contribution >= 4 is 58.0 Å². The highest BCUT2D eigenvalue weighted by Gasteiger charge is 2.16. The summed E-state index contributed by atoms with van der Waals surface area (Å²) in [6.45, 7) is 4.11. The lowest BCUT2D eigenvalue weighted by atomic mass is 10.3. The van der Waals surface area contributed by atoms with E-state index in [9.17, 15) is 20.0 Å². The maximum Gasteiger partial charge on any atom is 0.351 e. The predicted octanol–water partition coefficient (Wildman–Crippen LogP) is 2.81. The maximum atomic E-state index is 12.8. The number of ether oxygens (including phenoxy) is 1. The van der Waals surface area contributed by atoms with Crippen LogP contribution in [0, 0.1) is 11.3 Å². The molecule has 0 bridgehead atoms. The number of hydrogen-bond acceptors (Lipinski definition) is 7. The van der Waals surface area contributed by atoms with Crippen LogP contribution in [0.25, 0.3) is 11.8 Å². The molecule has 1 heterocycles. The summed E-state index contributed by atoms with van der Waals surface area (Å²) in [5.41, 5.74) is -0.0819. The van der Waals surface area contributed by atoms with E-state index >= 15 is 0 Å². The largest absolute Gasteiger partial charge is 0.505 e. The Kier molecular flexibility index (Phi) is 8.14. The topological polar surface area (TPSA) is 104 Å². The Morgan fingerprint density at radius 3 is 2.59 bits per heavy atom. The maximum absolute atomic E-state index is 12.8. The van der Waals surface area contributed by atoms with Crippen molar-refractivity contribution in [3.63, 3.8) is 0 Å². The minimum absolute atomic E-state index is 0.0584. The number of aromatic hydroxyl groups is 1. The van der Waals surface area contributed by atoms with Crippen molar-refractivity contribution in [2.24, 2.45) is 0 Å². The second kappa shape index (κ2) is 10.3. The number of carbonyl (C=O) groups is 1. The molecular weight excluding hydrogens is 437 g/mol. The summed E-state index contributed by atoms with van der Waals surface area (Å²) in [7, 11) is 0. The Hall–Kier alpha value is -2.47. The van der Waals surface area contributed by atoms with E-state index in [2.05, 4.69) is 5.32 Å². The molecule has 7 nitrogen and oxygen atoms in total. The first-order valence-corrected chi connectivity index (χ1v) is 10.4. The molecule has 0 spiro atoms. The smallest absolute Gasteiger partial charge is 0.351 e. The highest BCUT2D eigenvalue weighted by Crippen LogP contribution is 2.34. The first-order valence-electron chi connectivity index (χ1n) is 8.79. The number of benzene rings is 1. The molecule has 2 N–H and O–H groups in total. The number of carbonyl (C=O) groups excluding carboxylic acids is 1. The van der Waals surface area contributed by atoms with E-state index in [0.717, 1.165) is 17.8 Å². The third kappa shape index (κ3) is 5.32. The third-order valence-corrected chi connectivity index (χ3v) is 5.54. The molecule has 2 rings (SSSR count). The van der Waals surface area contributed by atoms with Crippen molar-refractivity contribution in [1.82, 2.24) is 4.57 Å². The summed E-state index contributed by atoms with van der Waals surface area (Å²) < 4.78 is 6.88. The number of hydrogen-bond donors (Lipinski definition) is 2. The molecule has 0 unspecified atom stereocenters. The summed E-state index contributed by atoms with van der Waals surface area (Å²) in [5.74, 6) is -1.000. The highest BCUT2D eigenvalue weighted by atomic mass is 35.5. The Morgan fingerprint density at radius 1 is 1.38 bits per heavy atom. The molecule has 2 aromatic rings. The number of nitrogens with one attached hydrogen (secondary N) is 1. The Labute approximate surface area is 181 Å². The number of phenols is 1. The number of nitrogens with zero attached hydrogens (tertiary/aromatic N) is 2. The zero-order chi connectivity index (χ0) is 21.6. The number of nitriles is 1. The standard InChI is InChI=1S/C19H19Cl2N3O4S/c1-3-5-6-24-17(26)15(29-18(24)12(9-22)19(27)28-4-2)10-23-11-7-13(20)16(25)14(21)8-11/h7-8,10,23,25H,3-6H2,1-2H3/b15-10+,18-12-. The van der Waals surface area contributed by atoms with E-state index in [-0.39, 0.29) is 42.7 Å². The fraction of sp³-hybridized carbons (Fsp3) is 0.316. The predicted molar refractivity (Wildman–Crippen MR) is 115 cm³/mol. The quantitative estimate of drug-likeness (QED) is 0.491. The molecule has 0 atom stereocenters. The van der Waals surface area contributed by atoms with Gasteiger partial charge in [0.2, 0.25) is 0 Å². The van der Waals surface area contributed by atoms with Gasteiger partial charge in [0.25, 0.3) is 5.56 Å². The number of esters is 1.